The summed E-state index contributed by atoms with van der Waals surface area (Å²) < 4.78 is 0. The van der Waals surface area contributed by atoms with Crippen molar-refractivity contribution in [3.05, 3.63) is 95.6 Å². The van der Waals surface area contributed by atoms with Crippen molar-refractivity contribution in [1.29, 1.82) is 0 Å². The van der Waals surface area contributed by atoms with Crippen LogP contribution >= 0.6 is 9.24 Å². The number of hydrogen-bond donors (Lipinski definition) is 0. The third-order valence-corrected chi connectivity index (χ3v) is 5.90. The quantitative estimate of drug-likeness (QED) is 0.533. The van der Waals surface area contributed by atoms with Crippen LogP contribution in [-0.4, -0.2) is 0 Å². The highest BCUT2D eigenvalue weighted by atomic mass is 31.0. The van der Waals surface area contributed by atoms with Crippen LogP contribution in [0, 0.1) is 0 Å². The van der Waals surface area contributed by atoms with E-state index in [4.69, 9.17) is 0 Å². The molecule has 0 nitrogen and oxygen atoms in total. The molecule has 3 aromatic carbocycles. The van der Waals surface area contributed by atoms with Gasteiger partial charge in [-0.25, -0.2) is 0 Å². The van der Waals surface area contributed by atoms with Crippen LogP contribution in [-0.2, 0) is 11.6 Å². The molecule has 114 valence electrons. The van der Waals surface area contributed by atoms with Gasteiger partial charge >= 0.3 is 0 Å². The molecule has 1 unspecified atom stereocenters. The van der Waals surface area contributed by atoms with Crippen molar-refractivity contribution >= 4 is 9.24 Å². The lowest BCUT2D eigenvalue weighted by Crippen LogP contribution is -2.16. The Kier molecular flexibility index (Phi) is 3.79. The standard InChI is InChI=1S/C22H21P/c23-22(16-8-11-17-9-2-1-3-10-17)20-14-6-4-12-18(20)19-13-5-7-15-21(19)22/h1-7,9-10,12-15H,8,11,16,23H2. The average Bonchev–Trinajstić information content (AvgIpc) is 2.86. The van der Waals surface area contributed by atoms with Gasteiger partial charge in [0.2, 0.25) is 0 Å². The van der Waals surface area contributed by atoms with E-state index in [0.717, 1.165) is 12.8 Å². The van der Waals surface area contributed by atoms with Gasteiger partial charge in [-0.2, -0.15) is 0 Å². The van der Waals surface area contributed by atoms with E-state index in [0.29, 0.717) is 0 Å². The smallest absolute Gasteiger partial charge is 0.0356 e. The van der Waals surface area contributed by atoms with Crippen LogP contribution in [0.5, 0.6) is 0 Å². The molecule has 1 aliphatic carbocycles. The van der Waals surface area contributed by atoms with E-state index in [-0.39, 0.29) is 5.16 Å². The molecule has 3 aromatic rings. The highest BCUT2D eigenvalue weighted by Gasteiger charge is 2.38. The second kappa shape index (κ2) is 5.95. The van der Waals surface area contributed by atoms with Gasteiger partial charge in [0.05, 0.1) is 0 Å². The monoisotopic (exact) mass is 316 g/mol. The predicted molar refractivity (Wildman–Crippen MR) is 102 cm³/mol. The van der Waals surface area contributed by atoms with Gasteiger partial charge in [-0.05, 0) is 47.1 Å². The summed E-state index contributed by atoms with van der Waals surface area (Å²) in [5.74, 6) is 0. The third kappa shape index (κ3) is 2.52. The van der Waals surface area contributed by atoms with Crippen molar-refractivity contribution in [3.63, 3.8) is 0 Å². The highest BCUT2D eigenvalue weighted by Crippen LogP contribution is 2.54. The normalized spacial score (nSPS) is 14.3. The summed E-state index contributed by atoms with van der Waals surface area (Å²) in [6.45, 7) is 0. The summed E-state index contributed by atoms with van der Waals surface area (Å²) in [6, 6.07) is 28.6. The van der Waals surface area contributed by atoms with Crippen LogP contribution in [0.4, 0.5) is 0 Å². The van der Waals surface area contributed by atoms with Gasteiger partial charge in [-0.15, -0.1) is 9.24 Å². The molecule has 0 bridgehead atoms. The van der Waals surface area contributed by atoms with Gasteiger partial charge < -0.3 is 0 Å². The van der Waals surface area contributed by atoms with Crippen molar-refractivity contribution in [2.45, 2.75) is 24.4 Å². The van der Waals surface area contributed by atoms with Crippen LogP contribution in [0.3, 0.4) is 0 Å². The first-order chi connectivity index (χ1) is 11.3. The minimum absolute atomic E-state index is 0.0575. The maximum atomic E-state index is 3.17. The van der Waals surface area contributed by atoms with Crippen LogP contribution in [0.25, 0.3) is 11.1 Å². The lowest BCUT2D eigenvalue weighted by atomic mass is 9.89. The van der Waals surface area contributed by atoms with Crippen LogP contribution < -0.4 is 0 Å². The molecular formula is C22H21P. The van der Waals surface area contributed by atoms with E-state index in [2.05, 4.69) is 88.1 Å². The Morgan fingerprint density at radius 1 is 0.652 bits per heavy atom. The molecular weight excluding hydrogens is 295 g/mol. The molecule has 0 amide bonds. The van der Waals surface area contributed by atoms with Crippen molar-refractivity contribution in [1.82, 2.24) is 0 Å². The Labute approximate surface area is 140 Å². The SMILES string of the molecule is PC1(CCCc2ccccc2)c2ccccc2-c2ccccc21. The van der Waals surface area contributed by atoms with E-state index in [1.54, 1.807) is 0 Å². The molecule has 0 aromatic heterocycles. The topological polar surface area (TPSA) is 0 Å². The number of benzene rings is 3. The highest BCUT2D eigenvalue weighted by molar-refractivity contribution is 7.19. The molecule has 0 N–H and O–H groups in total. The second-order valence-corrected chi connectivity index (χ2v) is 7.39. The number of rotatable bonds is 4. The zero-order chi connectivity index (χ0) is 15.7. The van der Waals surface area contributed by atoms with Gasteiger partial charge in [0.15, 0.2) is 0 Å². The molecule has 0 spiro atoms. The molecule has 1 atom stereocenters. The second-order valence-electron chi connectivity index (χ2n) is 6.40. The van der Waals surface area contributed by atoms with Gasteiger partial charge in [-0.3, -0.25) is 0 Å². The molecule has 0 saturated carbocycles. The number of aryl methyl sites for hydroxylation is 1. The molecule has 23 heavy (non-hydrogen) atoms. The molecule has 4 rings (SSSR count). The molecule has 1 heteroatoms. The molecule has 0 fully saturated rings. The molecule has 1 aliphatic rings. The minimum atomic E-state index is 0.0575. The summed E-state index contributed by atoms with van der Waals surface area (Å²) in [5.41, 5.74) is 7.15. The van der Waals surface area contributed by atoms with Gasteiger partial charge in [-0.1, -0.05) is 78.9 Å². The Bertz CT molecular complexity index is 775. The van der Waals surface area contributed by atoms with Crippen molar-refractivity contribution in [3.8, 4) is 11.1 Å². The van der Waals surface area contributed by atoms with Gasteiger partial charge in [0.25, 0.3) is 0 Å². The van der Waals surface area contributed by atoms with E-state index in [1.807, 2.05) is 0 Å². The average molecular weight is 316 g/mol. The number of fused-ring (bicyclic) bond motifs is 3. The summed E-state index contributed by atoms with van der Waals surface area (Å²) in [7, 11) is 3.17. The molecule has 0 saturated heterocycles. The van der Waals surface area contributed by atoms with Crippen LogP contribution in [0.1, 0.15) is 29.5 Å². The zero-order valence-electron chi connectivity index (χ0n) is 13.2. The fourth-order valence-electron chi connectivity index (χ4n) is 3.84. The Balaban J connectivity index is 1.64. The number of hydrogen-bond acceptors (Lipinski definition) is 0. The first kappa shape index (κ1) is 14.7. The van der Waals surface area contributed by atoms with E-state index >= 15 is 0 Å². The Morgan fingerprint density at radius 3 is 1.78 bits per heavy atom. The van der Waals surface area contributed by atoms with Crippen molar-refractivity contribution in [2.75, 3.05) is 0 Å². The maximum Gasteiger partial charge on any atom is 0.0356 e. The largest absolute Gasteiger partial charge is 0.122 e. The molecule has 0 heterocycles. The fraction of sp³-hybridized carbons (Fsp3) is 0.182. The van der Waals surface area contributed by atoms with Crippen molar-refractivity contribution < 1.29 is 0 Å². The van der Waals surface area contributed by atoms with Crippen LogP contribution in [0.15, 0.2) is 78.9 Å². The minimum Gasteiger partial charge on any atom is -0.122 e. The summed E-state index contributed by atoms with van der Waals surface area (Å²) in [4.78, 5) is 0. The first-order valence-electron chi connectivity index (χ1n) is 8.31. The zero-order valence-corrected chi connectivity index (χ0v) is 14.4. The summed E-state index contributed by atoms with van der Waals surface area (Å²) in [6.07, 6.45) is 3.48. The van der Waals surface area contributed by atoms with E-state index in [1.165, 1.54) is 34.2 Å². The molecule has 0 aliphatic heterocycles. The fourth-order valence-corrected chi connectivity index (χ4v) is 4.55. The van der Waals surface area contributed by atoms with E-state index in [9.17, 15) is 0 Å². The first-order valence-corrected chi connectivity index (χ1v) is 8.89. The lowest BCUT2D eigenvalue weighted by molar-refractivity contribution is 0.627. The Morgan fingerprint density at radius 2 is 1.17 bits per heavy atom. The summed E-state index contributed by atoms with van der Waals surface area (Å²) in [5, 5.41) is 0.0575. The predicted octanol–water partition coefficient (Wildman–Crippen LogP) is 5.81. The van der Waals surface area contributed by atoms with Crippen molar-refractivity contribution in [2.24, 2.45) is 0 Å². The van der Waals surface area contributed by atoms with Gasteiger partial charge in [0.1, 0.15) is 0 Å². The third-order valence-electron chi connectivity index (χ3n) is 4.98. The van der Waals surface area contributed by atoms with Gasteiger partial charge in [0, 0.05) is 5.16 Å². The maximum absolute atomic E-state index is 3.17. The lowest BCUT2D eigenvalue weighted by Gasteiger charge is -2.27. The van der Waals surface area contributed by atoms with Crippen LogP contribution in [0.2, 0.25) is 0 Å². The molecule has 0 radical (unpaired) electrons. The Hall–Kier alpha value is -1.91. The summed E-state index contributed by atoms with van der Waals surface area (Å²) >= 11 is 0. The van der Waals surface area contributed by atoms with E-state index < -0.39 is 0 Å².